The van der Waals surface area contributed by atoms with Crippen LogP contribution < -0.4 is 0 Å². The smallest absolute Gasteiger partial charge is 0.303 e. The van der Waals surface area contributed by atoms with E-state index in [0.29, 0.717) is 11.6 Å². The van der Waals surface area contributed by atoms with Crippen LogP contribution >= 0.6 is 11.6 Å². The Morgan fingerprint density at radius 3 is 2.83 bits per heavy atom. The van der Waals surface area contributed by atoms with E-state index in [1.54, 1.807) is 0 Å². The Labute approximate surface area is 110 Å². The number of hydrogen-bond acceptors (Lipinski definition) is 2. The van der Waals surface area contributed by atoms with Crippen molar-refractivity contribution in [1.29, 1.82) is 0 Å². The summed E-state index contributed by atoms with van der Waals surface area (Å²) < 4.78 is 0. The van der Waals surface area contributed by atoms with Gasteiger partial charge in [0.1, 0.15) is 5.15 Å². The summed E-state index contributed by atoms with van der Waals surface area (Å²) in [6.07, 6.45) is 1.38. The second-order valence-corrected chi connectivity index (χ2v) is 4.53. The highest BCUT2D eigenvalue weighted by atomic mass is 35.5. The van der Waals surface area contributed by atoms with Crippen molar-refractivity contribution in [2.24, 2.45) is 0 Å². The van der Waals surface area contributed by atoms with Gasteiger partial charge in [0, 0.05) is 11.8 Å². The standard InChI is InChI=1S/C14H14ClNO2/c1-2-9-4-3-5-10-8-11(6-7-12(17)18)14(15)16-13(9)10/h3-5,8H,2,6-7H2,1H3,(H,17,18). The van der Waals surface area contributed by atoms with Gasteiger partial charge in [0.05, 0.1) is 5.52 Å². The average molecular weight is 264 g/mol. The van der Waals surface area contributed by atoms with Gasteiger partial charge >= 0.3 is 5.97 Å². The molecule has 0 spiro atoms. The van der Waals surface area contributed by atoms with Crippen molar-refractivity contribution >= 4 is 28.5 Å². The van der Waals surface area contributed by atoms with Gasteiger partial charge in [-0.15, -0.1) is 0 Å². The van der Waals surface area contributed by atoms with Crippen LogP contribution in [0.1, 0.15) is 24.5 Å². The van der Waals surface area contributed by atoms with Gasteiger partial charge in [-0.05, 0) is 30.0 Å². The van der Waals surface area contributed by atoms with Crippen LogP contribution in [0.25, 0.3) is 10.9 Å². The summed E-state index contributed by atoms with van der Waals surface area (Å²) in [5.41, 5.74) is 2.85. The first-order valence-electron chi connectivity index (χ1n) is 5.90. The van der Waals surface area contributed by atoms with Crippen LogP contribution in [0.2, 0.25) is 5.15 Å². The van der Waals surface area contributed by atoms with E-state index in [1.165, 1.54) is 0 Å². The van der Waals surface area contributed by atoms with E-state index >= 15 is 0 Å². The number of pyridine rings is 1. The predicted octanol–water partition coefficient (Wildman–Crippen LogP) is 3.47. The molecule has 1 aromatic heterocycles. The molecule has 1 N–H and O–H groups in total. The Bertz CT molecular complexity index is 596. The van der Waals surface area contributed by atoms with Crippen molar-refractivity contribution in [3.05, 3.63) is 40.5 Å². The van der Waals surface area contributed by atoms with Gasteiger partial charge in [-0.2, -0.15) is 0 Å². The quantitative estimate of drug-likeness (QED) is 0.860. The lowest BCUT2D eigenvalue weighted by Gasteiger charge is -2.07. The van der Waals surface area contributed by atoms with Crippen LogP contribution in [-0.2, 0) is 17.6 Å². The van der Waals surface area contributed by atoms with Gasteiger partial charge in [-0.1, -0.05) is 36.7 Å². The zero-order chi connectivity index (χ0) is 13.1. The predicted molar refractivity (Wildman–Crippen MR) is 72.1 cm³/mol. The highest BCUT2D eigenvalue weighted by Crippen LogP contribution is 2.24. The van der Waals surface area contributed by atoms with Gasteiger partial charge in [-0.25, -0.2) is 4.98 Å². The number of para-hydroxylation sites is 1. The normalized spacial score (nSPS) is 10.8. The number of aliphatic carboxylic acids is 1. The van der Waals surface area contributed by atoms with E-state index in [1.807, 2.05) is 24.3 Å². The molecular weight excluding hydrogens is 250 g/mol. The van der Waals surface area contributed by atoms with Gasteiger partial charge in [0.25, 0.3) is 0 Å². The molecule has 1 aromatic carbocycles. The lowest BCUT2D eigenvalue weighted by Crippen LogP contribution is -1.99. The number of nitrogens with zero attached hydrogens (tertiary/aromatic N) is 1. The second-order valence-electron chi connectivity index (χ2n) is 4.17. The largest absolute Gasteiger partial charge is 0.481 e. The zero-order valence-electron chi connectivity index (χ0n) is 10.1. The molecule has 94 valence electrons. The lowest BCUT2D eigenvalue weighted by atomic mass is 10.0. The molecule has 3 nitrogen and oxygen atoms in total. The van der Waals surface area contributed by atoms with Crippen LogP contribution in [0, 0.1) is 0 Å². The first-order chi connectivity index (χ1) is 8.61. The van der Waals surface area contributed by atoms with E-state index in [0.717, 1.165) is 28.5 Å². The Morgan fingerprint density at radius 1 is 1.39 bits per heavy atom. The van der Waals surface area contributed by atoms with E-state index in [4.69, 9.17) is 16.7 Å². The van der Waals surface area contributed by atoms with Crippen molar-refractivity contribution < 1.29 is 9.90 Å². The van der Waals surface area contributed by atoms with Gasteiger partial charge in [0.2, 0.25) is 0 Å². The number of halogens is 1. The molecule has 0 amide bonds. The molecule has 18 heavy (non-hydrogen) atoms. The number of carboxylic acids is 1. The molecule has 0 fully saturated rings. The van der Waals surface area contributed by atoms with Crippen molar-refractivity contribution in [1.82, 2.24) is 4.98 Å². The molecule has 0 atom stereocenters. The average Bonchev–Trinajstić information content (AvgIpc) is 2.35. The van der Waals surface area contributed by atoms with Crippen LogP contribution in [0.3, 0.4) is 0 Å². The number of fused-ring (bicyclic) bond motifs is 1. The van der Waals surface area contributed by atoms with Gasteiger partial charge in [0.15, 0.2) is 0 Å². The van der Waals surface area contributed by atoms with Crippen molar-refractivity contribution in [3.8, 4) is 0 Å². The molecule has 0 aliphatic heterocycles. The van der Waals surface area contributed by atoms with Crippen LogP contribution in [0.5, 0.6) is 0 Å². The molecule has 4 heteroatoms. The third kappa shape index (κ3) is 2.62. The molecule has 2 aromatic rings. The number of hydrogen-bond donors (Lipinski definition) is 1. The fraction of sp³-hybridized carbons (Fsp3) is 0.286. The Morgan fingerprint density at radius 2 is 2.17 bits per heavy atom. The highest BCUT2D eigenvalue weighted by Gasteiger charge is 2.09. The monoisotopic (exact) mass is 263 g/mol. The molecule has 0 unspecified atom stereocenters. The van der Waals surface area contributed by atoms with E-state index < -0.39 is 5.97 Å². The summed E-state index contributed by atoms with van der Waals surface area (Å²) in [6, 6.07) is 7.93. The van der Waals surface area contributed by atoms with E-state index in [2.05, 4.69) is 11.9 Å². The summed E-state index contributed by atoms with van der Waals surface area (Å²) in [7, 11) is 0. The third-order valence-corrected chi connectivity index (χ3v) is 3.27. The molecule has 1 heterocycles. The summed E-state index contributed by atoms with van der Waals surface area (Å²) in [4.78, 5) is 15.0. The second kappa shape index (κ2) is 5.36. The van der Waals surface area contributed by atoms with Crippen molar-refractivity contribution in [2.45, 2.75) is 26.2 Å². The molecule has 2 rings (SSSR count). The number of carboxylic acid groups (broad SMARTS) is 1. The van der Waals surface area contributed by atoms with Crippen molar-refractivity contribution in [2.75, 3.05) is 0 Å². The molecule has 0 radical (unpaired) electrons. The number of benzene rings is 1. The summed E-state index contributed by atoms with van der Waals surface area (Å²) in [5.74, 6) is -0.825. The minimum atomic E-state index is -0.825. The van der Waals surface area contributed by atoms with Gasteiger partial charge in [-0.3, -0.25) is 4.79 Å². The first kappa shape index (κ1) is 12.8. The van der Waals surface area contributed by atoms with E-state index in [-0.39, 0.29) is 6.42 Å². The Hall–Kier alpha value is -1.61. The molecular formula is C14H14ClNO2. The number of rotatable bonds is 4. The van der Waals surface area contributed by atoms with E-state index in [9.17, 15) is 4.79 Å². The Kier molecular flexibility index (Phi) is 3.82. The molecule has 0 aliphatic carbocycles. The molecule has 0 bridgehead atoms. The minimum Gasteiger partial charge on any atom is -0.481 e. The topological polar surface area (TPSA) is 50.2 Å². The minimum absolute atomic E-state index is 0.0698. The summed E-state index contributed by atoms with van der Waals surface area (Å²) >= 11 is 6.11. The SMILES string of the molecule is CCc1cccc2cc(CCC(=O)O)c(Cl)nc12. The molecule has 0 saturated carbocycles. The number of aromatic nitrogens is 1. The van der Waals surface area contributed by atoms with Crippen molar-refractivity contribution in [3.63, 3.8) is 0 Å². The maximum absolute atomic E-state index is 10.6. The lowest BCUT2D eigenvalue weighted by molar-refractivity contribution is -0.136. The Balaban J connectivity index is 2.46. The number of carbonyl (C=O) groups is 1. The zero-order valence-corrected chi connectivity index (χ0v) is 10.9. The maximum atomic E-state index is 10.6. The summed E-state index contributed by atoms with van der Waals surface area (Å²) in [6.45, 7) is 2.07. The van der Waals surface area contributed by atoms with Gasteiger partial charge < -0.3 is 5.11 Å². The molecule has 0 aliphatic rings. The van der Waals surface area contributed by atoms with Crippen LogP contribution in [-0.4, -0.2) is 16.1 Å². The maximum Gasteiger partial charge on any atom is 0.303 e. The fourth-order valence-electron chi connectivity index (χ4n) is 1.98. The fourth-order valence-corrected chi connectivity index (χ4v) is 2.22. The summed E-state index contributed by atoms with van der Waals surface area (Å²) in [5, 5.41) is 10.1. The molecule has 0 saturated heterocycles. The third-order valence-electron chi connectivity index (χ3n) is 2.94. The highest BCUT2D eigenvalue weighted by molar-refractivity contribution is 6.30. The number of aryl methyl sites for hydroxylation is 2. The van der Waals surface area contributed by atoms with Crippen LogP contribution in [0.15, 0.2) is 24.3 Å². The van der Waals surface area contributed by atoms with Crippen LogP contribution in [0.4, 0.5) is 0 Å². The first-order valence-corrected chi connectivity index (χ1v) is 6.28.